The molecule has 1 atom stereocenters. The van der Waals surface area contributed by atoms with Gasteiger partial charge in [0.25, 0.3) is 0 Å². The highest BCUT2D eigenvalue weighted by atomic mass is 32.2. The van der Waals surface area contributed by atoms with Gasteiger partial charge in [-0.05, 0) is 37.5 Å². The Morgan fingerprint density at radius 1 is 1.03 bits per heavy atom. The number of fused-ring (bicyclic) bond motifs is 1. The number of aryl methyl sites for hydroxylation is 1. The molecule has 0 bridgehead atoms. The second kappa shape index (κ2) is 8.58. The van der Waals surface area contributed by atoms with Crippen LogP contribution in [0.3, 0.4) is 0 Å². The van der Waals surface area contributed by atoms with Crippen molar-refractivity contribution < 1.29 is 4.74 Å². The zero-order valence-corrected chi connectivity index (χ0v) is 17.8. The molecular weight excluding hydrogens is 392 g/mol. The molecule has 152 valence electrons. The zero-order valence-electron chi connectivity index (χ0n) is 17.0. The number of para-hydroxylation sites is 2. The molecular formula is C24H24N4OS. The van der Waals surface area contributed by atoms with E-state index in [2.05, 4.69) is 28.8 Å². The summed E-state index contributed by atoms with van der Waals surface area (Å²) in [5.74, 6) is 0.737. The third-order valence-electron chi connectivity index (χ3n) is 5.48. The summed E-state index contributed by atoms with van der Waals surface area (Å²) < 4.78 is 8.23. The summed E-state index contributed by atoms with van der Waals surface area (Å²) in [5.41, 5.74) is 6.17. The van der Waals surface area contributed by atoms with E-state index in [4.69, 9.17) is 19.7 Å². The molecule has 2 aromatic carbocycles. The lowest BCUT2D eigenvalue weighted by atomic mass is 10.1. The largest absolute Gasteiger partial charge is 0.376 e. The first-order valence-corrected chi connectivity index (χ1v) is 11.3. The number of thioether (sulfide) groups is 1. The molecule has 2 aromatic heterocycles. The third kappa shape index (κ3) is 3.98. The van der Waals surface area contributed by atoms with Crippen LogP contribution in [0.15, 0.2) is 66.0 Å². The van der Waals surface area contributed by atoms with Gasteiger partial charge in [-0.15, -0.1) is 0 Å². The van der Waals surface area contributed by atoms with Gasteiger partial charge in [-0.2, -0.15) is 0 Å². The lowest BCUT2D eigenvalue weighted by Crippen LogP contribution is -2.16. The van der Waals surface area contributed by atoms with Crippen LogP contribution in [0.4, 0.5) is 0 Å². The number of ether oxygens (including phenoxy) is 1. The van der Waals surface area contributed by atoms with Gasteiger partial charge in [-0.25, -0.2) is 15.0 Å². The van der Waals surface area contributed by atoms with E-state index in [0.29, 0.717) is 0 Å². The topological polar surface area (TPSA) is 52.8 Å². The minimum absolute atomic E-state index is 0.253. The molecule has 0 saturated carbocycles. The summed E-state index contributed by atoms with van der Waals surface area (Å²) in [6.45, 7) is 3.72. The van der Waals surface area contributed by atoms with Crippen molar-refractivity contribution in [1.29, 1.82) is 0 Å². The number of hydrogen-bond donors (Lipinski definition) is 0. The van der Waals surface area contributed by atoms with E-state index in [1.807, 2.05) is 43.5 Å². The zero-order chi connectivity index (χ0) is 20.3. The fraction of sp³-hybridized carbons (Fsp3) is 0.292. The Hall–Kier alpha value is -2.70. The molecule has 6 heteroatoms. The summed E-state index contributed by atoms with van der Waals surface area (Å²) in [4.78, 5) is 14.3. The highest BCUT2D eigenvalue weighted by Crippen LogP contribution is 2.30. The third-order valence-corrected chi connectivity index (χ3v) is 6.48. The van der Waals surface area contributed by atoms with Gasteiger partial charge < -0.3 is 9.30 Å². The molecule has 1 aliphatic heterocycles. The van der Waals surface area contributed by atoms with Crippen molar-refractivity contribution in [3.05, 3.63) is 72.2 Å². The predicted molar refractivity (Wildman–Crippen MR) is 120 cm³/mol. The van der Waals surface area contributed by atoms with Crippen LogP contribution in [0.2, 0.25) is 0 Å². The van der Waals surface area contributed by atoms with Gasteiger partial charge in [0.1, 0.15) is 0 Å². The van der Waals surface area contributed by atoms with Crippen LogP contribution < -0.4 is 0 Å². The quantitative estimate of drug-likeness (QED) is 0.401. The van der Waals surface area contributed by atoms with Crippen molar-refractivity contribution in [3.63, 3.8) is 0 Å². The second-order valence-corrected chi connectivity index (χ2v) is 8.51. The molecule has 3 heterocycles. The molecule has 1 saturated heterocycles. The molecule has 1 aliphatic rings. The molecule has 0 amide bonds. The Morgan fingerprint density at radius 3 is 2.57 bits per heavy atom. The number of aromatic nitrogens is 4. The van der Waals surface area contributed by atoms with Gasteiger partial charge in [0.15, 0.2) is 5.16 Å². The number of nitrogens with zero attached hydrogens (tertiary/aromatic N) is 4. The molecule has 0 N–H and O–H groups in total. The monoisotopic (exact) mass is 416 g/mol. The Bertz CT molecular complexity index is 1150. The van der Waals surface area contributed by atoms with E-state index in [9.17, 15) is 0 Å². The fourth-order valence-electron chi connectivity index (χ4n) is 3.88. The van der Waals surface area contributed by atoms with Crippen LogP contribution in [-0.2, 0) is 17.0 Å². The van der Waals surface area contributed by atoms with Crippen LogP contribution in [0, 0.1) is 6.92 Å². The van der Waals surface area contributed by atoms with E-state index in [0.717, 1.165) is 65.0 Å². The number of hydrogen-bond acceptors (Lipinski definition) is 5. The van der Waals surface area contributed by atoms with Crippen molar-refractivity contribution in [2.24, 2.45) is 0 Å². The van der Waals surface area contributed by atoms with Crippen LogP contribution >= 0.6 is 11.8 Å². The summed E-state index contributed by atoms with van der Waals surface area (Å²) in [5, 5.41) is 0.999. The first-order chi connectivity index (χ1) is 14.8. The molecule has 5 rings (SSSR count). The lowest BCUT2D eigenvalue weighted by Gasteiger charge is -2.16. The summed E-state index contributed by atoms with van der Waals surface area (Å²) in [6.07, 6.45) is 4.47. The molecule has 0 radical (unpaired) electrons. The first kappa shape index (κ1) is 19.3. The number of benzene rings is 2. The normalized spacial score (nSPS) is 16.4. The van der Waals surface area contributed by atoms with Gasteiger partial charge in [-0.1, -0.05) is 54.2 Å². The molecule has 0 spiro atoms. The Labute approximate surface area is 180 Å². The molecule has 0 aliphatic carbocycles. The Kier molecular flexibility index (Phi) is 5.51. The van der Waals surface area contributed by atoms with Gasteiger partial charge in [0.2, 0.25) is 0 Å². The minimum atomic E-state index is 0.253. The SMILES string of the molecule is Cc1nc2ccccc2nc1CSc1ncc(-c2ccccc2)n1CC1CCCO1. The van der Waals surface area contributed by atoms with Crippen LogP contribution in [0.1, 0.15) is 24.2 Å². The van der Waals surface area contributed by atoms with Crippen LogP contribution in [0.5, 0.6) is 0 Å². The summed E-state index contributed by atoms with van der Waals surface area (Å²) in [7, 11) is 0. The van der Waals surface area contributed by atoms with E-state index >= 15 is 0 Å². The fourth-order valence-corrected chi connectivity index (χ4v) is 4.87. The first-order valence-electron chi connectivity index (χ1n) is 10.4. The molecule has 4 aromatic rings. The maximum atomic E-state index is 5.92. The lowest BCUT2D eigenvalue weighted by molar-refractivity contribution is 0.0954. The van der Waals surface area contributed by atoms with Crippen molar-refractivity contribution in [3.8, 4) is 11.3 Å². The van der Waals surface area contributed by atoms with E-state index in [1.165, 1.54) is 5.56 Å². The van der Waals surface area contributed by atoms with E-state index < -0.39 is 0 Å². The van der Waals surface area contributed by atoms with Gasteiger partial charge in [0, 0.05) is 12.4 Å². The van der Waals surface area contributed by atoms with Crippen molar-refractivity contribution in [2.75, 3.05) is 6.61 Å². The Morgan fingerprint density at radius 2 is 1.80 bits per heavy atom. The maximum Gasteiger partial charge on any atom is 0.168 e. The number of rotatable bonds is 6. The molecule has 1 fully saturated rings. The standard InChI is InChI=1S/C24H24N4OS/c1-17-22(27-21-12-6-5-11-20(21)26-17)16-30-24-25-14-23(18-8-3-2-4-9-18)28(24)15-19-10-7-13-29-19/h2-6,8-9,11-12,14,19H,7,10,13,15-16H2,1H3. The minimum Gasteiger partial charge on any atom is -0.376 e. The number of imidazole rings is 1. The average molecular weight is 417 g/mol. The van der Waals surface area contributed by atoms with Gasteiger partial charge >= 0.3 is 0 Å². The highest BCUT2D eigenvalue weighted by molar-refractivity contribution is 7.98. The average Bonchev–Trinajstić information content (AvgIpc) is 3.43. The van der Waals surface area contributed by atoms with Crippen molar-refractivity contribution >= 4 is 22.8 Å². The summed E-state index contributed by atoms with van der Waals surface area (Å²) in [6, 6.07) is 18.5. The predicted octanol–water partition coefficient (Wildman–Crippen LogP) is 5.27. The molecule has 1 unspecified atom stereocenters. The Balaban J connectivity index is 1.44. The molecule has 30 heavy (non-hydrogen) atoms. The van der Waals surface area contributed by atoms with Crippen molar-refractivity contribution in [1.82, 2.24) is 19.5 Å². The van der Waals surface area contributed by atoms with Crippen LogP contribution in [0.25, 0.3) is 22.3 Å². The second-order valence-electron chi connectivity index (χ2n) is 7.57. The van der Waals surface area contributed by atoms with Gasteiger partial charge in [-0.3, -0.25) is 0 Å². The van der Waals surface area contributed by atoms with Gasteiger partial charge in [0.05, 0.1) is 47.0 Å². The van der Waals surface area contributed by atoms with E-state index in [1.54, 1.807) is 11.8 Å². The maximum absolute atomic E-state index is 5.92. The smallest absolute Gasteiger partial charge is 0.168 e. The van der Waals surface area contributed by atoms with Crippen molar-refractivity contribution in [2.45, 2.75) is 43.3 Å². The highest BCUT2D eigenvalue weighted by Gasteiger charge is 2.21. The van der Waals surface area contributed by atoms with E-state index in [-0.39, 0.29) is 6.10 Å². The molecule has 5 nitrogen and oxygen atoms in total. The summed E-state index contributed by atoms with van der Waals surface area (Å²) >= 11 is 1.72. The van der Waals surface area contributed by atoms with Crippen LogP contribution in [-0.4, -0.2) is 32.2 Å².